The van der Waals surface area contributed by atoms with E-state index in [0.29, 0.717) is 13.2 Å². The summed E-state index contributed by atoms with van der Waals surface area (Å²) in [4.78, 5) is 4.45. The fraction of sp³-hybridized carbons (Fsp3) is 0.286. The summed E-state index contributed by atoms with van der Waals surface area (Å²) >= 11 is 1.70. The molecule has 0 unspecified atom stereocenters. The summed E-state index contributed by atoms with van der Waals surface area (Å²) in [5, 5.41) is 0. The lowest BCUT2D eigenvalue weighted by Crippen LogP contribution is -2.08. The van der Waals surface area contributed by atoms with Crippen LogP contribution in [0, 0.1) is 0 Å². The van der Waals surface area contributed by atoms with Crippen molar-refractivity contribution in [2.24, 2.45) is 5.73 Å². The highest BCUT2D eigenvalue weighted by Gasteiger charge is 2.02. The first-order chi connectivity index (χ1) is 8.69. The van der Waals surface area contributed by atoms with Crippen LogP contribution in [0.4, 0.5) is 5.69 Å². The minimum absolute atomic E-state index is 0.598. The molecule has 18 heavy (non-hydrogen) atoms. The van der Waals surface area contributed by atoms with E-state index in [0.717, 1.165) is 11.4 Å². The molecule has 1 aromatic heterocycles. The van der Waals surface area contributed by atoms with Crippen molar-refractivity contribution in [2.45, 2.75) is 13.2 Å². The van der Waals surface area contributed by atoms with Gasteiger partial charge < -0.3 is 15.4 Å². The number of thiophene rings is 1. The zero-order chi connectivity index (χ0) is 13.0. The molecule has 1 heterocycles. The van der Waals surface area contributed by atoms with E-state index < -0.39 is 0 Å². The van der Waals surface area contributed by atoms with Gasteiger partial charge in [-0.3, -0.25) is 0 Å². The molecule has 0 saturated heterocycles. The summed E-state index contributed by atoms with van der Waals surface area (Å²) in [7, 11) is 4.04. The van der Waals surface area contributed by atoms with Crippen molar-refractivity contribution < 1.29 is 4.74 Å². The molecule has 0 aliphatic heterocycles. The quantitative estimate of drug-likeness (QED) is 0.900. The van der Waals surface area contributed by atoms with Gasteiger partial charge >= 0.3 is 0 Å². The molecule has 96 valence electrons. The number of nitrogens with two attached hydrogens (primary N) is 1. The predicted octanol–water partition coefficient (Wildman–Crippen LogP) is 2.85. The maximum absolute atomic E-state index is 5.78. The maximum Gasteiger partial charge on any atom is 0.122 e. The van der Waals surface area contributed by atoms with Gasteiger partial charge in [0.1, 0.15) is 12.4 Å². The topological polar surface area (TPSA) is 38.5 Å². The van der Waals surface area contributed by atoms with Crippen molar-refractivity contribution in [3.63, 3.8) is 0 Å². The van der Waals surface area contributed by atoms with Gasteiger partial charge in [-0.15, -0.1) is 11.3 Å². The highest BCUT2D eigenvalue weighted by molar-refractivity contribution is 7.11. The van der Waals surface area contributed by atoms with Crippen LogP contribution in [0.15, 0.2) is 36.4 Å². The fourth-order valence-electron chi connectivity index (χ4n) is 1.62. The van der Waals surface area contributed by atoms with Crippen LogP contribution in [-0.4, -0.2) is 14.1 Å². The number of ether oxygens (including phenoxy) is 1. The summed E-state index contributed by atoms with van der Waals surface area (Å²) in [5.74, 6) is 0.892. The normalized spacial score (nSPS) is 10.4. The second-order valence-electron chi connectivity index (χ2n) is 4.25. The minimum atomic E-state index is 0.598. The van der Waals surface area contributed by atoms with Crippen molar-refractivity contribution in [1.29, 1.82) is 0 Å². The van der Waals surface area contributed by atoms with Crippen molar-refractivity contribution in [3.05, 3.63) is 46.2 Å². The molecule has 2 rings (SSSR count). The number of benzene rings is 1. The summed E-state index contributed by atoms with van der Waals surface area (Å²) < 4.78 is 5.78. The Morgan fingerprint density at radius 1 is 1.17 bits per heavy atom. The Morgan fingerprint density at radius 3 is 2.61 bits per heavy atom. The first kappa shape index (κ1) is 12.9. The molecule has 2 N–H and O–H groups in total. The molecule has 0 atom stereocenters. The lowest BCUT2D eigenvalue weighted by molar-refractivity contribution is 0.310. The van der Waals surface area contributed by atoms with Gasteiger partial charge in [0.25, 0.3) is 0 Å². The van der Waals surface area contributed by atoms with Crippen LogP contribution in [0.1, 0.15) is 9.75 Å². The van der Waals surface area contributed by atoms with Crippen LogP contribution in [-0.2, 0) is 13.2 Å². The smallest absolute Gasteiger partial charge is 0.122 e. The summed E-state index contributed by atoms with van der Waals surface area (Å²) in [6.45, 7) is 1.20. The van der Waals surface area contributed by atoms with E-state index in [1.165, 1.54) is 9.75 Å². The maximum atomic E-state index is 5.78. The molecular weight excluding hydrogens is 244 g/mol. The van der Waals surface area contributed by atoms with E-state index in [2.05, 4.69) is 23.1 Å². The van der Waals surface area contributed by atoms with Gasteiger partial charge in [-0.25, -0.2) is 0 Å². The Labute approximate surface area is 112 Å². The Morgan fingerprint density at radius 2 is 1.94 bits per heavy atom. The number of rotatable bonds is 5. The molecule has 3 nitrogen and oxygen atoms in total. The largest absolute Gasteiger partial charge is 0.488 e. The van der Waals surface area contributed by atoms with E-state index in [1.54, 1.807) is 11.3 Å². The minimum Gasteiger partial charge on any atom is -0.488 e. The molecule has 0 spiro atoms. The van der Waals surface area contributed by atoms with Gasteiger partial charge in [-0.05, 0) is 24.3 Å². The van der Waals surface area contributed by atoms with E-state index in [-0.39, 0.29) is 0 Å². The van der Waals surface area contributed by atoms with E-state index in [9.17, 15) is 0 Å². The third-order valence-electron chi connectivity index (χ3n) is 2.63. The van der Waals surface area contributed by atoms with Crippen LogP contribution >= 0.6 is 11.3 Å². The summed E-state index contributed by atoms with van der Waals surface area (Å²) in [6, 6.07) is 12.2. The number of hydrogen-bond donors (Lipinski definition) is 1. The van der Waals surface area contributed by atoms with Gasteiger partial charge in [0.15, 0.2) is 0 Å². The molecule has 0 amide bonds. The van der Waals surface area contributed by atoms with Crippen molar-refractivity contribution in [3.8, 4) is 5.75 Å². The molecular formula is C14H18N2OS. The molecule has 0 bridgehead atoms. The molecule has 0 aliphatic rings. The monoisotopic (exact) mass is 262 g/mol. The molecule has 4 heteroatoms. The van der Waals surface area contributed by atoms with Crippen LogP contribution < -0.4 is 15.4 Å². The summed E-state index contributed by atoms with van der Waals surface area (Å²) in [5.41, 5.74) is 6.73. The third kappa shape index (κ3) is 3.24. The predicted molar refractivity (Wildman–Crippen MR) is 77.3 cm³/mol. The van der Waals surface area contributed by atoms with E-state index in [1.807, 2.05) is 32.3 Å². The molecule has 0 saturated carbocycles. The Hall–Kier alpha value is -1.52. The molecule has 2 aromatic rings. The zero-order valence-corrected chi connectivity index (χ0v) is 11.5. The van der Waals surface area contributed by atoms with E-state index >= 15 is 0 Å². The molecule has 1 aromatic carbocycles. The van der Waals surface area contributed by atoms with Crippen LogP contribution in [0.3, 0.4) is 0 Å². The zero-order valence-electron chi connectivity index (χ0n) is 10.7. The van der Waals surface area contributed by atoms with Gasteiger partial charge in [-0.1, -0.05) is 6.07 Å². The number of nitrogens with zero attached hydrogens (tertiary/aromatic N) is 1. The van der Waals surface area contributed by atoms with Crippen molar-refractivity contribution >= 4 is 17.0 Å². The van der Waals surface area contributed by atoms with E-state index in [4.69, 9.17) is 10.5 Å². The third-order valence-corrected chi connectivity index (χ3v) is 3.71. The van der Waals surface area contributed by atoms with Gasteiger partial charge in [0.05, 0.1) is 0 Å². The Balaban J connectivity index is 1.99. The highest BCUT2D eigenvalue weighted by atomic mass is 32.1. The fourth-order valence-corrected chi connectivity index (χ4v) is 2.43. The molecule has 0 fully saturated rings. The second-order valence-corrected chi connectivity index (χ2v) is 5.51. The lowest BCUT2D eigenvalue weighted by Gasteiger charge is -2.13. The summed E-state index contributed by atoms with van der Waals surface area (Å²) in [6.07, 6.45) is 0. The first-order valence-electron chi connectivity index (χ1n) is 5.87. The Bertz CT molecular complexity index is 508. The SMILES string of the molecule is CN(C)c1cccc(OCc2ccc(CN)s2)c1. The number of anilines is 1. The van der Waals surface area contributed by atoms with Crippen molar-refractivity contribution in [2.75, 3.05) is 19.0 Å². The van der Waals surface area contributed by atoms with Crippen molar-refractivity contribution in [1.82, 2.24) is 0 Å². The van der Waals surface area contributed by atoms with Gasteiger partial charge in [0, 0.05) is 42.1 Å². The molecule has 0 aliphatic carbocycles. The standard InChI is InChI=1S/C14H18N2OS/c1-16(2)11-4-3-5-12(8-11)17-10-14-7-6-13(9-15)18-14/h3-8H,9-10,15H2,1-2H3. The average molecular weight is 262 g/mol. The van der Waals surface area contributed by atoms with Crippen LogP contribution in [0.5, 0.6) is 5.75 Å². The average Bonchev–Trinajstić information content (AvgIpc) is 2.84. The molecule has 0 radical (unpaired) electrons. The van der Waals surface area contributed by atoms with Crippen LogP contribution in [0.2, 0.25) is 0 Å². The number of hydrogen-bond acceptors (Lipinski definition) is 4. The first-order valence-corrected chi connectivity index (χ1v) is 6.68. The lowest BCUT2D eigenvalue weighted by atomic mass is 10.3. The second kappa shape index (κ2) is 5.89. The highest BCUT2D eigenvalue weighted by Crippen LogP contribution is 2.22. The van der Waals surface area contributed by atoms with Gasteiger partial charge in [0.2, 0.25) is 0 Å². The van der Waals surface area contributed by atoms with Gasteiger partial charge in [-0.2, -0.15) is 0 Å². The Kier molecular flexibility index (Phi) is 4.23. The van der Waals surface area contributed by atoms with Crippen LogP contribution in [0.25, 0.3) is 0 Å².